The van der Waals surface area contributed by atoms with Gasteiger partial charge in [-0.25, -0.2) is 0 Å². The van der Waals surface area contributed by atoms with Gasteiger partial charge in [-0.05, 0) is 35.8 Å². The van der Waals surface area contributed by atoms with Gasteiger partial charge in [0.25, 0.3) is 0 Å². The molecule has 0 spiro atoms. The monoisotopic (exact) mass is 426 g/mol. The lowest BCUT2D eigenvalue weighted by atomic mass is 10.0. The zero-order valence-corrected chi connectivity index (χ0v) is 19.0. The van der Waals surface area contributed by atoms with Crippen LogP contribution in [0.2, 0.25) is 18.1 Å². The van der Waals surface area contributed by atoms with Gasteiger partial charge in [-0.3, -0.25) is 9.59 Å². The predicted molar refractivity (Wildman–Crippen MR) is 119 cm³/mol. The van der Waals surface area contributed by atoms with E-state index in [-0.39, 0.29) is 27.2 Å². The number of rotatable bonds is 4. The molecule has 0 bridgehead atoms. The van der Waals surface area contributed by atoms with Crippen molar-refractivity contribution in [3.8, 4) is 28.4 Å². The Hall–Kier alpha value is -3.06. The largest absolute Gasteiger partial charge is 0.543 e. The van der Waals surface area contributed by atoms with Gasteiger partial charge in [-0.2, -0.15) is 0 Å². The molecule has 3 aromatic rings. The Kier molecular flexibility index (Phi) is 5.51. The zero-order chi connectivity index (χ0) is 22.3. The summed E-state index contributed by atoms with van der Waals surface area (Å²) in [5.41, 5.74) is 0.787. The fraction of sp³-hybridized carbons (Fsp3) is 0.304. The van der Waals surface area contributed by atoms with Crippen LogP contribution in [0.4, 0.5) is 0 Å². The van der Waals surface area contributed by atoms with E-state index in [1.165, 1.54) is 19.3 Å². The Bertz CT molecular complexity index is 1150. The number of phenolic OH excluding ortho intramolecular Hbond substituents is 1. The van der Waals surface area contributed by atoms with Crippen LogP contribution < -0.4 is 14.6 Å². The van der Waals surface area contributed by atoms with Crippen LogP contribution in [0, 0.1) is 0 Å². The average Bonchev–Trinajstić information content (AvgIpc) is 2.60. The van der Waals surface area contributed by atoms with Crippen LogP contribution in [0.5, 0.6) is 17.2 Å². The maximum Gasteiger partial charge on any atom is 0.308 e. The summed E-state index contributed by atoms with van der Waals surface area (Å²) in [5, 5.41) is 10.6. The number of fused-ring (bicyclic) bond motifs is 1. The van der Waals surface area contributed by atoms with Crippen LogP contribution >= 0.6 is 0 Å². The van der Waals surface area contributed by atoms with E-state index in [1.807, 2.05) is 0 Å². The lowest BCUT2D eigenvalue weighted by Gasteiger charge is -2.36. The van der Waals surface area contributed by atoms with Crippen molar-refractivity contribution in [1.82, 2.24) is 0 Å². The molecule has 7 heteroatoms. The zero-order valence-electron chi connectivity index (χ0n) is 18.0. The fourth-order valence-corrected chi connectivity index (χ4v) is 3.80. The highest BCUT2D eigenvalue weighted by atomic mass is 28.4. The molecule has 30 heavy (non-hydrogen) atoms. The number of carbonyl (C=O) groups is 1. The SMILES string of the molecule is CC(=O)Oc1ccc(-c2coc3cc(O[Si](C)(C)C(C)(C)C)cc(O)c3c2=O)cc1. The minimum absolute atomic E-state index is 0.0134. The Morgan fingerprint density at radius 2 is 1.70 bits per heavy atom. The van der Waals surface area contributed by atoms with E-state index in [0.717, 1.165) is 0 Å². The summed E-state index contributed by atoms with van der Waals surface area (Å²) >= 11 is 0. The van der Waals surface area contributed by atoms with Crippen LogP contribution in [0.1, 0.15) is 27.7 Å². The lowest BCUT2D eigenvalue weighted by Crippen LogP contribution is -2.43. The van der Waals surface area contributed by atoms with E-state index in [9.17, 15) is 14.7 Å². The Morgan fingerprint density at radius 3 is 2.27 bits per heavy atom. The smallest absolute Gasteiger partial charge is 0.308 e. The molecule has 158 valence electrons. The van der Waals surface area contributed by atoms with Gasteiger partial charge in [0.15, 0.2) is 0 Å². The van der Waals surface area contributed by atoms with Crippen LogP contribution in [0.25, 0.3) is 22.1 Å². The normalized spacial score (nSPS) is 12.1. The number of phenols is 1. The van der Waals surface area contributed by atoms with E-state index in [4.69, 9.17) is 13.6 Å². The molecular weight excluding hydrogens is 400 g/mol. The van der Waals surface area contributed by atoms with Crippen molar-refractivity contribution < 1.29 is 23.5 Å². The van der Waals surface area contributed by atoms with Crippen molar-refractivity contribution in [1.29, 1.82) is 0 Å². The predicted octanol–water partition coefficient (Wildman–Crippen LogP) is 5.47. The Labute approximate surface area is 176 Å². The van der Waals surface area contributed by atoms with Crippen LogP contribution in [-0.4, -0.2) is 19.4 Å². The minimum atomic E-state index is -2.12. The summed E-state index contributed by atoms with van der Waals surface area (Å²) in [5.74, 6) is 0.252. The number of aromatic hydroxyl groups is 1. The summed E-state index contributed by atoms with van der Waals surface area (Å²) in [6, 6.07) is 9.61. The molecule has 6 nitrogen and oxygen atoms in total. The molecule has 0 unspecified atom stereocenters. The van der Waals surface area contributed by atoms with E-state index in [0.29, 0.717) is 22.6 Å². The third-order valence-corrected chi connectivity index (χ3v) is 9.79. The number of ether oxygens (including phenoxy) is 1. The van der Waals surface area contributed by atoms with Gasteiger partial charge in [-0.15, -0.1) is 0 Å². The molecule has 2 aromatic carbocycles. The van der Waals surface area contributed by atoms with Gasteiger partial charge < -0.3 is 18.7 Å². The number of hydrogen-bond donors (Lipinski definition) is 1. The molecule has 0 radical (unpaired) electrons. The topological polar surface area (TPSA) is 86.0 Å². The minimum Gasteiger partial charge on any atom is -0.543 e. The van der Waals surface area contributed by atoms with E-state index in [1.54, 1.807) is 30.3 Å². The summed E-state index contributed by atoms with van der Waals surface area (Å²) in [6.07, 6.45) is 1.36. The first-order valence-corrected chi connectivity index (χ1v) is 12.6. The first-order chi connectivity index (χ1) is 13.9. The molecular formula is C23H26O6Si. The summed E-state index contributed by atoms with van der Waals surface area (Å²) in [7, 11) is -2.12. The second-order valence-corrected chi connectivity index (χ2v) is 13.5. The molecule has 3 rings (SSSR count). The number of benzene rings is 2. The molecule has 0 aliphatic rings. The van der Waals surface area contributed by atoms with Gasteiger partial charge in [0.1, 0.15) is 34.5 Å². The molecule has 0 amide bonds. The third kappa shape index (κ3) is 4.26. The quantitative estimate of drug-likeness (QED) is 0.338. The molecule has 0 atom stereocenters. The van der Waals surface area contributed by atoms with Crippen LogP contribution in [-0.2, 0) is 4.79 Å². The highest BCUT2D eigenvalue weighted by Crippen LogP contribution is 2.39. The van der Waals surface area contributed by atoms with Crippen molar-refractivity contribution in [2.45, 2.75) is 45.8 Å². The first-order valence-electron chi connectivity index (χ1n) is 9.65. The highest BCUT2D eigenvalue weighted by molar-refractivity contribution is 6.74. The molecule has 0 aliphatic heterocycles. The maximum absolute atomic E-state index is 13.0. The van der Waals surface area contributed by atoms with Crippen molar-refractivity contribution >= 4 is 25.3 Å². The van der Waals surface area contributed by atoms with Gasteiger partial charge >= 0.3 is 5.97 Å². The van der Waals surface area contributed by atoms with Crippen molar-refractivity contribution in [3.63, 3.8) is 0 Å². The standard InChI is InChI=1S/C23H26O6Si/c1-14(24)28-16-9-7-15(8-10-16)18-13-27-20-12-17(11-19(25)21(20)22(18)26)29-30(5,6)23(2,3)4/h7-13,25H,1-6H3. The molecule has 0 saturated carbocycles. The van der Waals surface area contributed by atoms with E-state index >= 15 is 0 Å². The van der Waals surface area contributed by atoms with E-state index in [2.05, 4.69) is 33.9 Å². The molecule has 1 heterocycles. The summed E-state index contributed by atoms with van der Waals surface area (Å²) < 4.78 is 16.9. The maximum atomic E-state index is 13.0. The number of hydrogen-bond acceptors (Lipinski definition) is 6. The molecule has 0 saturated heterocycles. The average molecular weight is 427 g/mol. The molecule has 1 N–H and O–H groups in total. The molecule has 0 aliphatic carbocycles. The fourth-order valence-electron chi connectivity index (χ4n) is 2.78. The number of esters is 1. The second-order valence-electron chi connectivity index (χ2n) is 8.77. The highest BCUT2D eigenvalue weighted by Gasteiger charge is 2.39. The summed E-state index contributed by atoms with van der Waals surface area (Å²) in [4.78, 5) is 24.1. The first kappa shape index (κ1) is 21.6. The van der Waals surface area contributed by atoms with Crippen molar-refractivity contribution in [2.75, 3.05) is 0 Å². The van der Waals surface area contributed by atoms with Gasteiger partial charge in [0.05, 0.1) is 5.56 Å². The number of carbonyl (C=O) groups excluding carboxylic acids is 1. The van der Waals surface area contributed by atoms with Gasteiger partial charge in [-0.1, -0.05) is 32.9 Å². The van der Waals surface area contributed by atoms with Crippen LogP contribution in [0.15, 0.2) is 51.9 Å². The van der Waals surface area contributed by atoms with Crippen molar-refractivity contribution in [2.24, 2.45) is 0 Å². The molecule has 0 fully saturated rings. The van der Waals surface area contributed by atoms with E-state index < -0.39 is 14.3 Å². The summed E-state index contributed by atoms with van der Waals surface area (Å²) in [6.45, 7) is 11.9. The van der Waals surface area contributed by atoms with Gasteiger partial charge in [0, 0.05) is 19.1 Å². The Morgan fingerprint density at radius 1 is 1.07 bits per heavy atom. The third-order valence-electron chi connectivity index (χ3n) is 5.44. The molecule has 1 aromatic heterocycles. The lowest BCUT2D eigenvalue weighted by molar-refractivity contribution is -0.131. The van der Waals surface area contributed by atoms with Crippen molar-refractivity contribution in [3.05, 3.63) is 52.9 Å². The van der Waals surface area contributed by atoms with Crippen LogP contribution in [0.3, 0.4) is 0 Å². The Balaban J connectivity index is 2.02. The van der Waals surface area contributed by atoms with Gasteiger partial charge in [0.2, 0.25) is 13.7 Å². The second kappa shape index (κ2) is 7.64.